The van der Waals surface area contributed by atoms with E-state index in [9.17, 15) is 4.79 Å². The number of nitrogens with zero attached hydrogens (tertiary/aromatic N) is 3. The lowest BCUT2D eigenvalue weighted by atomic mass is 9.93. The molecule has 5 nitrogen and oxygen atoms in total. The van der Waals surface area contributed by atoms with Gasteiger partial charge in [0.15, 0.2) is 0 Å². The zero-order valence-corrected chi connectivity index (χ0v) is 10.9. The number of rotatable bonds is 3. The van der Waals surface area contributed by atoms with E-state index in [4.69, 9.17) is 5.11 Å². The lowest BCUT2D eigenvalue weighted by Gasteiger charge is -2.17. The molecule has 17 heavy (non-hydrogen) atoms. The monoisotopic (exact) mass is 253 g/mol. The minimum absolute atomic E-state index is 0.00139. The van der Waals surface area contributed by atoms with Gasteiger partial charge in [-0.2, -0.15) is 0 Å². The van der Waals surface area contributed by atoms with Gasteiger partial charge < -0.3 is 5.11 Å². The van der Waals surface area contributed by atoms with Crippen LogP contribution in [-0.4, -0.2) is 25.7 Å². The van der Waals surface area contributed by atoms with Crippen molar-refractivity contribution in [2.24, 2.45) is 0 Å². The van der Waals surface area contributed by atoms with Crippen molar-refractivity contribution in [3.63, 3.8) is 0 Å². The van der Waals surface area contributed by atoms with Gasteiger partial charge in [-0.05, 0) is 0 Å². The second kappa shape index (κ2) is 4.10. The molecule has 0 unspecified atom stereocenters. The number of aromatic nitrogens is 3. The minimum atomic E-state index is -0.811. The molecular weight excluding hydrogens is 238 g/mol. The first-order chi connectivity index (χ1) is 7.89. The van der Waals surface area contributed by atoms with Crippen LogP contribution < -0.4 is 0 Å². The number of fused-ring (bicyclic) bond motifs is 1. The van der Waals surface area contributed by atoms with Gasteiger partial charge in [0.05, 0.1) is 6.42 Å². The summed E-state index contributed by atoms with van der Waals surface area (Å²) in [7, 11) is 0. The molecule has 1 N–H and O–H groups in total. The van der Waals surface area contributed by atoms with Crippen LogP contribution in [0.15, 0.2) is 5.38 Å². The van der Waals surface area contributed by atoms with Crippen molar-refractivity contribution in [1.29, 1.82) is 0 Å². The normalized spacial score (nSPS) is 12.2. The smallest absolute Gasteiger partial charge is 0.303 e. The highest BCUT2D eigenvalue weighted by Gasteiger charge is 2.22. The van der Waals surface area contributed by atoms with Gasteiger partial charge in [0, 0.05) is 22.9 Å². The van der Waals surface area contributed by atoms with E-state index in [1.165, 1.54) is 11.3 Å². The largest absolute Gasteiger partial charge is 0.481 e. The summed E-state index contributed by atoms with van der Waals surface area (Å²) in [6, 6.07) is 0. The molecule has 92 valence electrons. The topological polar surface area (TPSA) is 67.5 Å². The summed E-state index contributed by atoms with van der Waals surface area (Å²) in [5, 5.41) is 18.9. The first-order valence-electron chi connectivity index (χ1n) is 5.43. The zero-order valence-electron chi connectivity index (χ0n) is 10.1. The van der Waals surface area contributed by atoms with E-state index in [0.717, 1.165) is 16.5 Å². The van der Waals surface area contributed by atoms with Crippen LogP contribution in [0.3, 0.4) is 0 Å². The summed E-state index contributed by atoms with van der Waals surface area (Å²) in [5.41, 5.74) is 1.13. The number of aliphatic carboxylic acids is 1. The van der Waals surface area contributed by atoms with E-state index in [1.807, 2.05) is 4.40 Å². The molecule has 0 aliphatic heterocycles. The predicted molar refractivity (Wildman–Crippen MR) is 65.5 cm³/mol. The summed E-state index contributed by atoms with van der Waals surface area (Å²) in [4.78, 5) is 11.4. The highest BCUT2D eigenvalue weighted by Crippen LogP contribution is 2.28. The molecule has 0 spiro atoms. The Hall–Kier alpha value is -1.43. The van der Waals surface area contributed by atoms with Crippen LogP contribution in [-0.2, 0) is 16.6 Å². The number of carboxylic acids is 1. The summed E-state index contributed by atoms with van der Waals surface area (Å²) in [6.07, 6.45) is 0.497. The summed E-state index contributed by atoms with van der Waals surface area (Å²) in [5.74, 6) is -0.0807. The standard InChI is InChI=1S/C11H15N3O2S/c1-11(2,3)7-6-17-10-13-12-8(14(7)10)4-5-9(15)16/h6H,4-5H2,1-3H3,(H,15,16). The Morgan fingerprint density at radius 1 is 1.47 bits per heavy atom. The van der Waals surface area contributed by atoms with Crippen LogP contribution in [0.4, 0.5) is 0 Å². The fourth-order valence-electron chi connectivity index (χ4n) is 1.67. The van der Waals surface area contributed by atoms with Gasteiger partial charge in [-0.3, -0.25) is 9.20 Å². The fraction of sp³-hybridized carbons (Fsp3) is 0.545. The van der Waals surface area contributed by atoms with Crippen LogP contribution in [0.25, 0.3) is 4.96 Å². The van der Waals surface area contributed by atoms with Crippen molar-refractivity contribution in [2.45, 2.75) is 39.0 Å². The first kappa shape index (κ1) is 12.0. The molecule has 2 rings (SSSR count). The molecule has 0 fully saturated rings. The molecule has 0 bridgehead atoms. The molecule has 0 aliphatic carbocycles. The van der Waals surface area contributed by atoms with Crippen molar-refractivity contribution in [3.8, 4) is 0 Å². The SMILES string of the molecule is CC(C)(C)c1csc2nnc(CCC(=O)O)n12. The molecule has 0 saturated heterocycles. The second-order valence-electron chi connectivity index (χ2n) is 5.00. The Morgan fingerprint density at radius 2 is 2.18 bits per heavy atom. The highest BCUT2D eigenvalue weighted by molar-refractivity contribution is 7.15. The molecular formula is C11H15N3O2S. The molecule has 6 heteroatoms. The highest BCUT2D eigenvalue weighted by atomic mass is 32.1. The van der Waals surface area contributed by atoms with E-state index >= 15 is 0 Å². The van der Waals surface area contributed by atoms with E-state index < -0.39 is 5.97 Å². The predicted octanol–water partition coefficient (Wildman–Crippen LogP) is 2.11. The minimum Gasteiger partial charge on any atom is -0.481 e. The van der Waals surface area contributed by atoms with Crippen LogP contribution in [0.5, 0.6) is 0 Å². The lowest BCUT2D eigenvalue weighted by molar-refractivity contribution is -0.137. The summed E-state index contributed by atoms with van der Waals surface area (Å²) >= 11 is 1.54. The van der Waals surface area contributed by atoms with Crippen LogP contribution in [0, 0.1) is 0 Å². The van der Waals surface area contributed by atoms with Crippen molar-refractivity contribution in [2.75, 3.05) is 0 Å². The Bertz CT molecular complexity index is 551. The van der Waals surface area contributed by atoms with Gasteiger partial charge in [0.25, 0.3) is 0 Å². The van der Waals surface area contributed by atoms with Crippen molar-refractivity contribution in [1.82, 2.24) is 14.6 Å². The number of thiazole rings is 1. The van der Waals surface area contributed by atoms with Crippen LogP contribution in [0.2, 0.25) is 0 Å². The van der Waals surface area contributed by atoms with Gasteiger partial charge in [0.1, 0.15) is 5.82 Å². The summed E-state index contributed by atoms with van der Waals surface area (Å²) in [6.45, 7) is 6.36. The lowest BCUT2D eigenvalue weighted by Crippen LogP contribution is -2.15. The number of carboxylic acid groups (broad SMARTS) is 1. The first-order valence-corrected chi connectivity index (χ1v) is 6.31. The van der Waals surface area contributed by atoms with E-state index in [-0.39, 0.29) is 11.8 Å². The average molecular weight is 253 g/mol. The van der Waals surface area contributed by atoms with Gasteiger partial charge in [-0.15, -0.1) is 21.5 Å². The Morgan fingerprint density at radius 3 is 2.76 bits per heavy atom. The van der Waals surface area contributed by atoms with Gasteiger partial charge in [-0.25, -0.2) is 0 Å². The molecule has 2 aromatic rings. The Labute approximate surface area is 103 Å². The van der Waals surface area contributed by atoms with Crippen molar-refractivity contribution < 1.29 is 9.90 Å². The third-order valence-electron chi connectivity index (χ3n) is 2.55. The zero-order chi connectivity index (χ0) is 12.6. The maximum absolute atomic E-state index is 10.6. The van der Waals surface area contributed by atoms with E-state index in [0.29, 0.717) is 6.42 Å². The van der Waals surface area contributed by atoms with Crippen molar-refractivity contribution in [3.05, 3.63) is 16.9 Å². The third kappa shape index (κ3) is 2.31. The number of hydrogen-bond acceptors (Lipinski definition) is 4. The van der Waals surface area contributed by atoms with E-state index in [2.05, 4.69) is 36.3 Å². The van der Waals surface area contributed by atoms with Gasteiger partial charge >= 0.3 is 5.97 Å². The quantitative estimate of drug-likeness (QED) is 0.909. The third-order valence-corrected chi connectivity index (χ3v) is 3.36. The average Bonchev–Trinajstić information content (AvgIpc) is 2.72. The van der Waals surface area contributed by atoms with Crippen LogP contribution >= 0.6 is 11.3 Å². The Balaban J connectivity index is 2.43. The summed E-state index contributed by atoms with van der Waals surface area (Å²) < 4.78 is 1.98. The maximum Gasteiger partial charge on any atom is 0.303 e. The van der Waals surface area contributed by atoms with Gasteiger partial charge in [0.2, 0.25) is 4.96 Å². The van der Waals surface area contributed by atoms with Gasteiger partial charge in [-0.1, -0.05) is 20.8 Å². The number of hydrogen-bond donors (Lipinski definition) is 1. The maximum atomic E-state index is 10.6. The molecule has 2 heterocycles. The van der Waals surface area contributed by atoms with Crippen LogP contribution in [0.1, 0.15) is 38.7 Å². The second-order valence-corrected chi connectivity index (χ2v) is 5.84. The molecule has 0 aromatic carbocycles. The van der Waals surface area contributed by atoms with Crippen molar-refractivity contribution >= 4 is 22.3 Å². The number of carbonyl (C=O) groups is 1. The number of aryl methyl sites for hydroxylation is 1. The molecule has 2 aromatic heterocycles. The fourth-order valence-corrected chi connectivity index (χ4v) is 2.75. The molecule has 0 amide bonds. The molecule has 0 radical (unpaired) electrons. The molecule has 0 atom stereocenters. The molecule has 0 aliphatic rings. The molecule has 0 saturated carbocycles. The van der Waals surface area contributed by atoms with E-state index in [1.54, 1.807) is 0 Å². The Kier molecular flexibility index (Phi) is 2.91.